The summed E-state index contributed by atoms with van der Waals surface area (Å²) >= 11 is 0. The number of rotatable bonds is 9. The van der Waals surface area contributed by atoms with Gasteiger partial charge in [-0.05, 0) is 54.3 Å². The zero-order chi connectivity index (χ0) is 13.3. The molecule has 0 radical (unpaired) electrons. The molecule has 4 heteroatoms. The fourth-order valence-electron chi connectivity index (χ4n) is 1.48. The summed E-state index contributed by atoms with van der Waals surface area (Å²) in [6.45, 7) is 10.7. The topological polar surface area (TPSA) is 41.6 Å². The minimum absolute atomic E-state index is 0.119. The Bertz CT molecular complexity index is 208. The minimum Gasteiger partial charge on any atom is -0.466 e. The van der Waals surface area contributed by atoms with E-state index in [1.54, 1.807) is 0 Å². The number of hydrogen-bond donors (Lipinski definition) is 1. The third-order valence-corrected chi connectivity index (χ3v) is 2.84. The summed E-state index contributed by atoms with van der Waals surface area (Å²) < 4.78 is 4.90. The van der Waals surface area contributed by atoms with Crippen LogP contribution in [0.4, 0.5) is 0 Å². The van der Waals surface area contributed by atoms with E-state index < -0.39 is 0 Å². The van der Waals surface area contributed by atoms with Crippen LogP contribution in [0.25, 0.3) is 0 Å². The van der Waals surface area contributed by atoms with Crippen molar-refractivity contribution in [2.45, 2.75) is 52.6 Å². The molecule has 0 rings (SSSR count). The number of carbonyl (C=O) groups excluding carboxylic acids is 1. The van der Waals surface area contributed by atoms with Crippen molar-refractivity contribution in [2.24, 2.45) is 0 Å². The summed E-state index contributed by atoms with van der Waals surface area (Å²) in [5, 5.41) is 3.34. The van der Waals surface area contributed by atoms with E-state index in [2.05, 4.69) is 31.1 Å². The molecule has 0 spiro atoms. The number of esters is 1. The molecule has 0 fully saturated rings. The monoisotopic (exact) mass is 244 g/mol. The van der Waals surface area contributed by atoms with Crippen LogP contribution >= 0.6 is 0 Å². The molecule has 0 aliphatic rings. The first-order valence-electron chi connectivity index (χ1n) is 6.56. The molecule has 102 valence electrons. The zero-order valence-electron chi connectivity index (χ0n) is 12.0. The second kappa shape index (κ2) is 9.42. The van der Waals surface area contributed by atoms with E-state index in [0.717, 1.165) is 19.5 Å². The van der Waals surface area contributed by atoms with E-state index in [4.69, 9.17) is 4.74 Å². The lowest BCUT2D eigenvalue weighted by atomic mass is 10.2. The van der Waals surface area contributed by atoms with Gasteiger partial charge in [-0.1, -0.05) is 0 Å². The molecule has 17 heavy (non-hydrogen) atoms. The van der Waals surface area contributed by atoms with Crippen LogP contribution in [0.2, 0.25) is 0 Å². The van der Waals surface area contributed by atoms with E-state index in [-0.39, 0.29) is 12.0 Å². The first kappa shape index (κ1) is 16.4. The van der Waals surface area contributed by atoms with Gasteiger partial charge < -0.3 is 15.0 Å². The number of hydrogen-bond acceptors (Lipinski definition) is 4. The molecule has 1 N–H and O–H groups in total. The average molecular weight is 244 g/mol. The van der Waals surface area contributed by atoms with E-state index in [1.807, 2.05) is 13.8 Å². The van der Waals surface area contributed by atoms with Gasteiger partial charge in [0.05, 0.1) is 13.0 Å². The molecule has 0 bridgehead atoms. The summed E-state index contributed by atoms with van der Waals surface area (Å²) in [5.74, 6) is -0.119. The SMILES string of the molecule is CCOC(=O)CC(C)NCCCN(C)C(C)C. The van der Waals surface area contributed by atoms with Gasteiger partial charge in [-0.15, -0.1) is 0 Å². The summed E-state index contributed by atoms with van der Waals surface area (Å²) in [6, 6.07) is 0.783. The molecule has 0 amide bonds. The third-order valence-electron chi connectivity index (χ3n) is 2.84. The molecule has 1 unspecified atom stereocenters. The van der Waals surface area contributed by atoms with Gasteiger partial charge in [0.15, 0.2) is 0 Å². The molecule has 0 aromatic rings. The largest absolute Gasteiger partial charge is 0.466 e. The fraction of sp³-hybridized carbons (Fsp3) is 0.923. The molecule has 4 nitrogen and oxygen atoms in total. The van der Waals surface area contributed by atoms with Gasteiger partial charge in [-0.3, -0.25) is 4.79 Å². The molecular formula is C13H28N2O2. The van der Waals surface area contributed by atoms with Crippen molar-refractivity contribution in [3.05, 3.63) is 0 Å². The van der Waals surface area contributed by atoms with Gasteiger partial charge in [0, 0.05) is 12.1 Å². The standard InChI is InChI=1S/C13H28N2O2/c1-6-17-13(16)10-12(4)14-8-7-9-15(5)11(2)3/h11-12,14H,6-10H2,1-5H3. The molecule has 1 atom stereocenters. The molecule has 0 aliphatic carbocycles. The highest BCUT2D eigenvalue weighted by atomic mass is 16.5. The smallest absolute Gasteiger partial charge is 0.307 e. The Labute approximate surface area is 106 Å². The second-order valence-corrected chi connectivity index (χ2v) is 4.79. The van der Waals surface area contributed by atoms with Crippen molar-refractivity contribution < 1.29 is 9.53 Å². The number of ether oxygens (including phenoxy) is 1. The van der Waals surface area contributed by atoms with E-state index >= 15 is 0 Å². The Hall–Kier alpha value is -0.610. The highest BCUT2D eigenvalue weighted by Gasteiger charge is 2.09. The Balaban J connectivity index is 3.51. The van der Waals surface area contributed by atoms with Crippen LogP contribution in [-0.4, -0.2) is 49.7 Å². The van der Waals surface area contributed by atoms with Crippen molar-refractivity contribution in [2.75, 3.05) is 26.7 Å². The van der Waals surface area contributed by atoms with Crippen molar-refractivity contribution in [3.63, 3.8) is 0 Å². The van der Waals surface area contributed by atoms with Gasteiger partial charge >= 0.3 is 5.97 Å². The molecule has 0 saturated heterocycles. The normalized spacial score (nSPS) is 13.1. The molecule has 0 aromatic carbocycles. The maximum absolute atomic E-state index is 11.2. The third kappa shape index (κ3) is 9.12. The Morgan fingerprint density at radius 3 is 2.53 bits per heavy atom. The summed E-state index contributed by atoms with van der Waals surface area (Å²) in [6.07, 6.45) is 1.55. The van der Waals surface area contributed by atoms with Crippen LogP contribution in [0.3, 0.4) is 0 Å². The maximum atomic E-state index is 11.2. The highest BCUT2D eigenvalue weighted by molar-refractivity contribution is 5.69. The van der Waals surface area contributed by atoms with Crippen molar-refractivity contribution in [1.82, 2.24) is 10.2 Å². The maximum Gasteiger partial charge on any atom is 0.307 e. The first-order chi connectivity index (χ1) is 7.97. The lowest BCUT2D eigenvalue weighted by Crippen LogP contribution is -2.33. The molecule has 0 aliphatic heterocycles. The van der Waals surface area contributed by atoms with E-state index in [9.17, 15) is 4.79 Å². The van der Waals surface area contributed by atoms with Crippen molar-refractivity contribution >= 4 is 5.97 Å². The van der Waals surface area contributed by atoms with Gasteiger partial charge in [-0.2, -0.15) is 0 Å². The van der Waals surface area contributed by atoms with Crippen LogP contribution < -0.4 is 5.32 Å². The van der Waals surface area contributed by atoms with Gasteiger partial charge in [0.1, 0.15) is 0 Å². The number of nitrogens with zero attached hydrogens (tertiary/aromatic N) is 1. The van der Waals surface area contributed by atoms with Gasteiger partial charge in [-0.25, -0.2) is 0 Å². The second-order valence-electron chi connectivity index (χ2n) is 4.79. The lowest BCUT2D eigenvalue weighted by Gasteiger charge is -2.21. The highest BCUT2D eigenvalue weighted by Crippen LogP contribution is 1.97. The quantitative estimate of drug-likeness (QED) is 0.494. The summed E-state index contributed by atoms with van der Waals surface area (Å²) in [7, 11) is 2.13. The van der Waals surface area contributed by atoms with E-state index in [0.29, 0.717) is 19.1 Å². The van der Waals surface area contributed by atoms with Crippen molar-refractivity contribution in [1.29, 1.82) is 0 Å². The molecular weight excluding hydrogens is 216 g/mol. The van der Waals surface area contributed by atoms with Gasteiger partial charge in [0.2, 0.25) is 0 Å². The Kier molecular flexibility index (Phi) is 9.09. The lowest BCUT2D eigenvalue weighted by molar-refractivity contribution is -0.143. The van der Waals surface area contributed by atoms with Gasteiger partial charge in [0.25, 0.3) is 0 Å². The molecule has 0 saturated carbocycles. The number of carbonyl (C=O) groups is 1. The molecule has 0 heterocycles. The van der Waals surface area contributed by atoms with Crippen molar-refractivity contribution in [3.8, 4) is 0 Å². The first-order valence-corrected chi connectivity index (χ1v) is 6.56. The fourth-order valence-corrected chi connectivity index (χ4v) is 1.48. The van der Waals surface area contributed by atoms with Crippen LogP contribution in [0.1, 0.15) is 40.5 Å². The van der Waals surface area contributed by atoms with Crippen LogP contribution in [0.15, 0.2) is 0 Å². The summed E-state index contributed by atoms with van der Waals surface area (Å²) in [5.41, 5.74) is 0. The minimum atomic E-state index is -0.119. The predicted octanol–water partition coefficient (Wildman–Crippen LogP) is 1.65. The molecule has 0 aromatic heterocycles. The predicted molar refractivity (Wildman–Crippen MR) is 71.1 cm³/mol. The Morgan fingerprint density at radius 2 is 2.00 bits per heavy atom. The zero-order valence-corrected chi connectivity index (χ0v) is 12.0. The average Bonchev–Trinajstić information content (AvgIpc) is 2.24. The van der Waals surface area contributed by atoms with Crippen LogP contribution in [0, 0.1) is 0 Å². The van der Waals surface area contributed by atoms with Crippen LogP contribution in [-0.2, 0) is 9.53 Å². The summed E-state index contributed by atoms with van der Waals surface area (Å²) in [4.78, 5) is 13.5. The van der Waals surface area contributed by atoms with E-state index in [1.165, 1.54) is 0 Å². The number of nitrogens with one attached hydrogen (secondary N) is 1. The Morgan fingerprint density at radius 1 is 1.35 bits per heavy atom. The van der Waals surface area contributed by atoms with Crippen LogP contribution in [0.5, 0.6) is 0 Å².